The summed E-state index contributed by atoms with van der Waals surface area (Å²) in [6, 6.07) is 15.4. The Labute approximate surface area is 161 Å². The average Bonchev–Trinajstić information content (AvgIpc) is 2.61. The first-order valence-corrected chi connectivity index (χ1v) is 9.55. The molecule has 0 saturated carbocycles. The molecule has 25 heavy (non-hydrogen) atoms. The summed E-state index contributed by atoms with van der Waals surface area (Å²) in [4.78, 5) is 0. The van der Waals surface area contributed by atoms with Gasteiger partial charge in [-0.05, 0) is 61.1 Å². The van der Waals surface area contributed by atoms with Crippen molar-refractivity contribution in [3.05, 3.63) is 70.3 Å². The van der Waals surface area contributed by atoms with Crippen molar-refractivity contribution in [3.63, 3.8) is 0 Å². The van der Waals surface area contributed by atoms with E-state index in [0.717, 1.165) is 6.42 Å². The molecule has 0 aromatic heterocycles. The molecular formula is C22H38N2S. The molecule has 2 aromatic rings. The molecule has 142 valence electrons. The highest BCUT2D eigenvalue weighted by atomic mass is 32.1. The first-order valence-electron chi connectivity index (χ1n) is 8.65. The lowest BCUT2D eigenvalue weighted by atomic mass is 9.87. The lowest BCUT2D eigenvalue weighted by molar-refractivity contribution is 0.590. The van der Waals surface area contributed by atoms with E-state index in [-0.39, 0.29) is 5.41 Å². The van der Waals surface area contributed by atoms with Crippen LogP contribution in [0.2, 0.25) is 0 Å². The quantitative estimate of drug-likeness (QED) is 0.355. The van der Waals surface area contributed by atoms with Gasteiger partial charge in [-0.15, -0.1) is 0 Å². The van der Waals surface area contributed by atoms with Crippen molar-refractivity contribution in [3.8, 4) is 0 Å². The Morgan fingerprint density at radius 1 is 0.800 bits per heavy atom. The molecule has 0 aliphatic rings. The van der Waals surface area contributed by atoms with Gasteiger partial charge in [0.1, 0.15) is 0 Å². The van der Waals surface area contributed by atoms with Gasteiger partial charge in [-0.1, -0.05) is 75.7 Å². The summed E-state index contributed by atoms with van der Waals surface area (Å²) in [5, 5.41) is 0. The minimum atomic E-state index is 0.285. The molecule has 0 fully saturated rings. The molecular weight excluding hydrogens is 324 g/mol. The van der Waals surface area contributed by atoms with Gasteiger partial charge < -0.3 is 0 Å². The van der Waals surface area contributed by atoms with E-state index in [1.807, 2.05) is 0 Å². The van der Waals surface area contributed by atoms with Gasteiger partial charge >= 0.3 is 0 Å². The standard InChI is InChI=1S/C11H16.C10H14.CH4S.H4N2/c1-9-5-7-10(8-6-9)11(2,3)4;1-4-10-6-5-8(2)9(3)7-10;2*1-2/h5-8H,1-4H3;5-7H,4H2,1-3H3;2H,1H3;1-2H2. The van der Waals surface area contributed by atoms with E-state index in [0.29, 0.717) is 0 Å². The molecule has 4 N–H and O–H groups in total. The second kappa shape index (κ2) is 13.9. The molecule has 0 radical (unpaired) electrons. The Balaban J connectivity index is 0. The Morgan fingerprint density at radius 3 is 1.64 bits per heavy atom. The van der Waals surface area contributed by atoms with Crippen molar-refractivity contribution in [1.82, 2.24) is 0 Å². The summed E-state index contributed by atoms with van der Waals surface area (Å²) in [6.07, 6.45) is 2.83. The van der Waals surface area contributed by atoms with E-state index in [2.05, 4.69) is 115 Å². The summed E-state index contributed by atoms with van der Waals surface area (Å²) in [6.45, 7) is 15.3. The maximum Gasteiger partial charge on any atom is -0.0132 e. The van der Waals surface area contributed by atoms with E-state index >= 15 is 0 Å². The normalized spacial score (nSPS) is 9.56. The molecule has 2 aromatic carbocycles. The maximum atomic E-state index is 4.00. The molecule has 0 saturated heterocycles. The second-order valence-corrected chi connectivity index (χ2v) is 6.89. The fourth-order valence-electron chi connectivity index (χ4n) is 2.08. The average molecular weight is 363 g/mol. The van der Waals surface area contributed by atoms with Crippen LogP contribution in [0.1, 0.15) is 55.5 Å². The van der Waals surface area contributed by atoms with Crippen molar-refractivity contribution in [2.24, 2.45) is 11.7 Å². The Kier molecular flexibility index (Phi) is 14.5. The zero-order chi connectivity index (χ0) is 20.0. The highest BCUT2D eigenvalue weighted by Gasteiger charge is 2.11. The minimum Gasteiger partial charge on any atom is -0.274 e. The molecule has 2 nitrogen and oxygen atoms in total. The molecule has 0 spiro atoms. The summed E-state index contributed by atoms with van der Waals surface area (Å²) in [7, 11) is 0. The number of rotatable bonds is 1. The van der Waals surface area contributed by atoms with Crippen LogP contribution in [0.3, 0.4) is 0 Å². The van der Waals surface area contributed by atoms with E-state index in [4.69, 9.17) is 0 Å². The van der Waals surface area contributed by atoms with Crippen molar-refractivity contribution >= 4 is 12.6 Å². The van der Waals surface area contributed by atoms with Crippen LogP contribution in [0.25, 0.3) is 0 Å². The van der Waals surface area contributed by atoms with Crippen molar-refractivity contribution in [2.45, 2.75) is 60.3 Å². The number of hydrazine groups is 1. The zero-order valence-corrected chi connectivity index (χ0v) is 18.2. The first-order chi connectivity index (χ1) is 11.7. The van der Waals surface area contributed by atoms with Crippen LogP contribution in [0.15, 0.2) is 42.5 Å². The zero-order valence-electron chi connectivity index (χ0n) is 17.4. The Hall–Kier alpha value is -1.29. The number of benzene rings is 2. The summed E-state index contributed by atoms with van der Waals surface area (Å²) in [5.41, 5.74) is 7.24. The molecule has 0 atom stereocenters. The smallest absolute Gasteiger partial charge is 0.0132 e. The van der Waals surface area contributed by atoms with Gasteiger partial charge in [-0.3, -0.25) is 11.7 Å². The van der Waals surface area contributed by atoms with Gasteiger partial charge in [0.2, 0.25) is 0 Å². The fourth-order valence-corrected chi connectivity index (χ4v) is 2.08. The number of hydrogen-bond donors (Lipinski definition) is 3. The lowest BCUT2D eigenvalue weighted by Gasteiger charge is -2.18. The number of aryl methyl sites for hydroxylation is 4. The van der Waals surface area contributed by atoms with Crippen LogP contribution in [0.4, 0.5) is 0 Å². The summed E-state index contributed by atoms with van der Waals surface area (Å²) >= 11 is 3.53. The fraction of sp³-hybridized carbons (Fsp3) is 0.455. The highest BCUT2D eigenvalue weighted by Crippen LogP contribution is 2.21. The monoisotopic (exact) mass is 362 g/mol. The second-order valence-electron chi connectivity index (χ2n) is 6.89. The van der Waals surface area contributed by atoms with Crippen molar-refractivity contribution in [1.29, 1.82) is 0 Å². The van der Waals surface area contributed by atoms with Gasteiger partial charge in [-0.2, -0.15) is 12.6 Å². The largest absolute Gasteiger partial charge is 0.274 e. The summed E-state index contributed by atoms with van der Waals surface area (Å²) in [5.74, 6) is 8.00. The minimum absolute atomic E-state index is 0.285. The van der Waals surface area contributed by atoms with Gasteiger partial charge in [0, 0.05) is 0 Å². The molecule has 0 bridgehead atoms. The lowest BCUT2D eigenvalue weighted by Crippen LogP contribution is -2.10. The maximum absolute atomic E-state index is 4.00. The van der Waals surface area contributed by atoms with Crippen LogP contribution < -0.4 is 11.7 Å². The molecule has 0 amide bonds. The molecule has 0 unspecified atom stereocenters. The highest BCUT2D eigenvalue weighted by molar-refractivity contribution is 7.79. The predicted molar refractivity (Wildman–Crippen MR) is 118 cm³/mol. The molecule has 0 heterocycles. The van der Waals surface area contributed by atoms with E-state index in [1.165, 1.54) is 27.8 Å². The van der Waals surface area contributed by atoms with Gasteiger partial charge in [0.15, 0.2) is 0 Å². The van der Waals surface area contributed by atoms with Crippen LogP contribution in [0, 0.1) is 20.8 Å². The Morgan fingerprint density at radius 2 is 1.28 bits per heavy atom. The van der Waals surface area contributed by atoms with Crippen molar-refractivity contribution in [2.75, 3.05) is 6.26 Å². The van der Waals surface area contributed by atoms with E-state index in [1.54, 1.807) is 6.26 Å². The van der Waals surface area contributed by atoms with Crippen LogP contribution in [-0.4, -0.2) is 6.26 Å². The van der Waals surface area contributed by atoms with Crippen molar-refractivity contribution < 1.29 is 0 Å². The van der Waals surface area contributed by atoms with E-state index in [9.17, 15) is 0 Å². The van der Waals surface area contributed by atoms with Crippen LogP contribution in [-0.2, 0) is 11.8 Å². The van der Waals surface area contributed by atoms with Gasteiger partial charge in [0.05, 0.1) is 0 Å². The SMILES string of the molecule is CCc1ccc(C)c(C)c1.CS.Cc1ccc(C(C)(C)C)cc1.NN. The predicted octanol–water partition coefficient (Wildman–Crippen LogP) is 5.52. The molecule has 2 rings (SSSR count). The molecule has 3 heteroatoms. The third kappa shape index (κ3) is 11.0. The molecule has 0 aliphatic heterocycles. The first kappa shape index (κ1) is 25.9. The third-order valence-corrected chi connectivity index (χ3v) is 3.90. The molecule has 0 aliphatic carbocycles. The number of nitrogens with two attached hydrogens (primary N) is 2. The van der Waals surface area contributed by atoms with Crippen LogP contribution >= 0.6 is 12.6 Å². The van der Waals surface area contributed by atoms with Crippen LogP contribution in [0.5, 0.6) is 0 Å². The summed E-state index contributed by atoms with van der Waals surface area (Å²) < 4.78 is 0. The third-order valence-electron chi connectivity index (χ3n) is 3.90. The van der Waals surface area contributed by atoms with Gasteiger partial charge in [0.25, 0.3) is 0 Å². The van der Waals surface area contributed by atoms with Gasteiger partial charge in [-0.25, -0.2) is 0 Å². The number of thiol groups is 1. The topological polar surface area (TPSA) is 52.0 Å². The van der Waals surface area contributed by atoms with E-state index < -0.39 is 0 Å². The Bertz CT molecular complexity index is 570. The number of hydrogen-bond acceptors (Lipinski definition) is 3.